The molecule has 5 N–H and O–H groups in total. The number of aromatic nitrogens is 2. The van der Waals surface area contributed by atoms with Crippen LogP contribution in [0.5, 0.6) is 0 Å². The van der Waals surface area contributed by atoms with E-state index in [4.69, 9.17) is 11.5 Å². The summed E-state index contributed by atoms with van der Waals surface area (Å²) in [7, 11) is 0. The van der Waals surface area contributed by atoms with E-state index in [1.165, 1.54) is 0 Å². The number of anilines is 1. The van der Waals surface area contributed by atoms with Gasteiger partial charge in [-0.25, -0.2) is 9.98 Å². The average molecular weight is 428 g/mol. The van der Waals surface area contributed by atoms with Crippen molar-refractivity contribution >= 4 is 24.0 Å². The SMILES string of the molecule is C=N/C(N)=C(\N=C(/C)c1ccc(CCN)cc1)C(=O)Nc1cnccc1-c1cccnc1. The lowest BCUT2D eigenvalue weighted by molar-refractivity contribution is -0.112. The topological polar surface area (TPSA) is 132 Å². The smallest absolute Gasteiger partial charge is 0.278 e. The molecule has 0 saturated heterocycles. The van der Waals surface area contributed by atoms with Crippen molar-refractivity contribution in [3.63, 3.8) is 0 Å². The fourth-order valence-electron chi connectivity index (χ4n) is 3.06. The Morgan fingerprint density at radius 1 is 1.09 bits per heavy atom. The zero-order valence-corrected chi connectivity index (χ0v) is 17.8. The Balaban J connectivity index is 1.91. The number of aliphatic imine (C=N–C) groups is 2. The van der Waals surface area contributed by atoms with Gasteiger partial charge >= 0.3 is 0 Å². The average Bonchev–Trinajstić information content (AvgIpc) is 2.83. The van der Waals surface area contributed by atoms with Gasteiger partial charge in [-0.1, -0.05) is 30.3 Å². The number of carbonyl (C=O) groups excluding carboxylic acids is 1. The molecule has 32 heavy (non-hydrogen) atoms. The van der Waals surface area contributed by atoms with Gasteiger partial charge in [0.25, 0.3) is 5.91 Å². The van der Waals surface area contributed by atoms with Crippen molar-refractivity contribution in [2.24, 2.45) is 21.5 Å². The van der Waals surface area contributed by atoms with Crippen molar-refractivity contribution in [1.82, 2.24) is 9.97 Å². The third-order valence-corrected chi connectivity index (χ3v) is 4.75. The first kappa shape index (κ1) is 22.5. The van der Waals surface area contributed by atoms with Gasteiger partial charge in [-0.3, -0.25) is 14.8 Å². The molecule has 3 rings (SSSR count). The minimum Gasteiger partial charge on any atom is -0.382 e. The summed E-state index contributed by atoms with van der Waals surface area (Å²) in [5.74, 6) is -0.597. The molecule has 1 amide bonds. The van der Waals surface area contributed by atoms with Gasteiger partial charge in [-0.2, -0.15) is 0 Å². The number of hydrogen-bond acceptors (Lipinski definition) is 7. The number of hydrogen-bond donors (Lipinski definition) is 3. The number of amides is 1. The first-order chi connectivity index (χ1) is 15.5. The molecule has 0 aliphatic heterocycles. The van der Waals surface area contributed by atoms with Crippen LogP contribution < -0.4 is 16.8 Å². The number of nitrogens with zero attached hydrogens (tertiary/aromatic N) is 4. The second-order valence-corrected chi connectivity index (χ2v) is 6.94. The highest BCUT2D eigenvalue weighted by molar-refractivity contribution is 6.09. The standard InChI is InChI=1S/C24H25N7O/c1-16(18-7-5-17(6-8-18)9-11-25)30-22(23(26)27-2)24(32)31-21-15-29-13-10-20(21)19-4-3-12-28-14-19/h3-8,10,12-15H,2,9,11,25-26H2,1H3,(H,31,32)/b23-22-,30-16+. The molecular formula is C24H25N7O. The van der Waals surface area contributed by atoms with Gasteiger partial charge in [0.15, 0.2) is 11.5 Å². The normalized spacial score (nSPS) is 12.1. The maximum absolute atomic E-state index is 13.1. The molecule has 1 aromatic carbocycles. The van der Waals surface area contributed by atoms with Crippen LogP contribution in [0.4, 0.5) is 5.69 Å². The summed E-state index contributed by atoms with van der Waals surface area (Å²) in [5, 5.41) is 2.83. The van der Waals surface area contributed by atoms with E-state index in [0.29, 0.717) is 17.9 Å². The maximum Gasteiger partial charge on any atom is 0.278 e. The number of nitrogens with two attached hydrogens (primary N) is 2. The van der Waals surface area contributed by atoms with Crippen LogP contribution >= 0.6 is 0 Å². The van der Waals surface area contributed by atoms with E-state index < -0.39 is 5.91 Å². The lowest BCUT2D eigenvalue weighted by Gasteiger charge is -2.12. The highest BCUT2D eigenvalue weighted by atomic mass is 16.2. The maximum atomic E-state index is 13.1. The zero-order valence-electron chi connectivity index (χ0n) is 17.8. The minimum atomic E-state index is -0.521. The van der Waals surface area contributed by atoms with Crippen LogP contribution in [0.2, 0.25) is 0 Å². The molecule has 0 unspecified atom stereocenters. The van der Waals surface area contributed by atoms with E-state index in [9.17, 15) is 4.79 Å². The van der Waals surface area contributed by atoms with E-state index in [2.05, 4.69) is 32.0 Å². The van der Waals surface area contributed by atoms with Crippen molar-refractivity contribution < 1.29 is 4.79 Å². The summed E-state index contributed by atoms with van der Waals surface area (Å²) < 4.78 is 0. The van der Waals surface area contributed by atoms with E-state index in [-0.39, 0.29) is 11.5 Å². The number of benzene rings is 1. The molecule has 0 radical (unpaired) electrons. The Labute approximate surface area is 186 Å². The monoisotopic (exact) mass is 427 g/mol. The lowest BCUT2D eigenvalue weighted by Crippen LogP contribution is -2.19. The molecule has 0 saturated carbocycles. The third kappa shape index (κ3) is 5.50. The molecule has 0 aliphatic carbocycles. The van der Waals surface area contributed by atoms with Crippen molar-refractivity contribution in [3.8, 4) is 11.1 Å². The van der Waals surface area contributed by atoms with E-state index in [0.717, 1.165) is 28.7 Å². The second-order valence-electron chi connectivity index (χ2n) is 6.94. The van der Waals surface area contributed by atoms with Crippen molar-refractivity contribution in [3.05, 3.63) is 89.9 Å². The lowest BCUT2D eigenvalue weighted by atomic mass is 10.1. The quantitative estimate of drug-likeness (QED) is 0.376. The molecule has 8 heteroatoms. The van der Waals surface area contributed by atoms with Crippen LogP contribution in [0.15, 0.2) is 88.8 Å². The number of pyridine rings is 2. The molecule has 162 valence electrons. The van der Waals surface area contributed by atoms with Gasteiger partial charge in [0.1, 0.15) is 0 Å². The van der Waals surface area contributed by atoms with Gasteiger partial charge in [0.2, 0.25) is 0 Å². The van der Waals surface area contributed by atoms with Crippen molar-refractivity contribution in [1.29, 1.82) is 0 Å². The summed E-state index contributed by atoms with van der Waals surface area (Å²) in [4.78, 5) is 29.5. The van der Waals surface area contributed by atoms with Crippen molar-refractivity contribution in [2.75, 3.05) is 11.9 Å². The Kier molecular flexibility index (Phi) is 7.55. The van der Waals surface area contributed by atoms with Crippen LogP contribution in [0.3, 0.4) is 0 Å². The Morgan fingerprint density at radius 3 is 2.50 bits per heavy atom. The van der Waals surface area contributed by atoms with Gasteiger partial charge in [0.05, 0.1) is 11.9 Å². The summed E-state index contributed by atoms with van der Waals surface area (Å²) in [5.41, 5.74) is 16.2. The molecule has 0 fully saturated rings. The highest BCUT2D eigenvalue weighted by Crippen LogP contribution is 2.26. The predicted octanol–water partition coefficient (Wildman–Crippen LogP) is 2.92. The molecular weight excluding hydrogens is 402 g/mol. The molecule has 3 aromatic rings. The van der Waals surface area contributed by atoms with Gasteiger partial charge < -0.3 is 16.8 Å². The number of carbonyl (C=O) groups is 1. The summed E-state index contributed by atoms with van der Waals surface area (Å²) >= 11 is 0. The first-order valence-corrected chi connectivity index (χ1v) is 10.0. The van der Waals surface area contributed by atoms with Crippen molar-refractivity contribution in [2.45, 2.75) is 13.3 Å². The third-order valence-electron chi connectivity index (χ3n) is 4.75. The molecule has 0 bridgehead atoms. The van der Waals surface area contributed by atoms with Crippen LogP contribution in [-0.2, 0) is 11.2 Å². The van der Waals surface area contributed by atoms with Gasteiger partial charge in [0, 0.05) is 35.4 Å². The largest absolute Gasteiger partial charge is 0.382 e. The number of rotatable bonds is 8. The van der Waals surface area contributed by atoms with Gasteiger partial charge in [-0.05, 0) is 49.9 Å². The first-order valence-electron chi connectivity index (χ1n) is 10.0. The van der Waals surface area contributed by atoms with Crippen LogP contribution in [-0.4, -0.2) is 34.8 Å². The zero-order chi connectivity index (χ0) is 22.9. The van der Waals surface area contributed by atoms with E-state index >= 15 is 0 Å². The van der Waals surface area contributed by atoms with Crippen LogP contribution in [0.1, 0.15) is 18.1 Å². The van der Waals surface area contributed by atoms with Crippen LogP contribution in [0, 0.1) is 0 Å². The van der Waals surface area contributed by atoms with Gasteiger partial charge in [-0.15, -0.1) is 0 Å². The van der Waals surface area contributed by atoms with E-state index in [1.54, 1.807) is 37.8 Å². The predicted molar refractivity (Wildman–Crippen MR) is 128 cm³/mol. The molecule has 0 atom stereocenters. The molecule has 0 spiro atoms. The number of nitrogens with one attached hydrogen (secondary N) is 1. The Bertz CT molecular complexity index is 1150. The molecule has 2 aromatic heterocycles. The second kappa shape index (κ2) is 10.7. The highest BCUT2D eigenvalue weighted by Gasteiger charge is 2.17. The molecule has 8 nitrogen and oxygen atoms in total. The Hall–Kier alpha value is -4.17. The van der Waals surface area contributed by atoms with Crippen LogP contribution in [0.25, 0.3) is 11.1 Å². The molecule has 2 heterocycles. The fourth-order valence-corrected chi connectivity index (χ4v) is 3.06. The Morgan fingerprint density at radius 2 is 1.84 bits per heavy atom. The molecule has 0 aliphatic rings. The summed E-state index contributed by atoms with van der Waals surface area (Å²) in [6.07, 6.45) is 7.38. The summed E-state index contributed by atoms with van der Waals surface area (Å²) in [6, 6.07) is 13.3. The minimum absolute atomic E-state index is 0.0375. The van der Waals surface area contributed by atoms with E-state index in [1.807, 2.05) is 36.4 Å². The summed E-state index contributed by atoms with van der Waals surface area (Å²) in [6.45, 7) is 5.81. The fraction of sp³-hybridized carbons (Fsp3) is 0.125.